The number of pyridine rings is 2. The predicted octanol–water partition coefficient (Wildman–Crippen LogP) is 4.28. The van der Waals surface area contributed by atoms with E-state index in [1.165, 1.54) is 12.3 Å². The maximum absolute atomic E-state index is 14.4. The Kier molecular flexibility index (Phi) is 5.45. The molecule has 3 aromatic rings. The molecule has 2 atom stereocenters. The van der Waals surface area contributed by atoms with Crippen molar-refractivity contribution in [3.05, 3.63) is 95.8 Å². The third-order valence-electron chi connectivity index (χ3n) is 4.21. The van der Waals surface area contributed by atoms with Crippen LogP contribution in [-0.4, -0.2) is 15.8 Å². The minimum Gasteiger partial charge on any atom is -0.292 e. The highest BCUT2D eigenvalue weighted by Crippen LogP contribution is 2.36. The fraction of sp³-hybridized carbons (Fsp3) is 0.143. The first-order valence-corrected chi connectivity index (χ1v) is 8.20. The van der Waals surface area contributed by atoms with Crippen LogP contribution in [0.2, 0.25) is 0 Å². The summed E-state index contributed by atoms with van der Waals surface area (Å²) in [5.41, 5.74) is 1.14. The fourth-order valence-corrected chi connectivity index (χ4v) is 2.94. The molecular weight excluding hydrogens is 329 g/mol. The zero-order valence-corrected chi connectivity index (χ0v) is 13.9. The Morgan fingerprint density at radius 3 is 2.31 bits per heavy atom. The molecule has 0 saturated heterocycles. The summed E-state index contributed by atoms with van der Waals surface area (Å²) in [5, 5.41) is 9.75. The molecule has 0 spiro atoms. The van der Waals surface area contributed by atoms with Crippen LogP contribution in [-0.2, 0) is 0 Å². The molecule has 0 aliphatic heterocycles. The number of benzene rings is 1. The number of Topliss-reactive ketones (excluding diaryl/α,β-unsaturated/α-hetero) is 1. The maximum atomic E-state index is 14.4. The topological polar surface area (TPSA) is 66.6 Å². The summed E-state index contributed by atoms with van der Waals surface area (Å²) in [6, 6.07) is 18.7. The van der Waals surface area contributed by atoms with Crippen LogP contribution in [0.5, 0.6) is 0 Å². The number of aromatic nitrogens is 2. The van der Waals surface area contributed by atoms with Crippen LogP contribution >= 0.6 is 0 Å². The van der Waals surface area contributed by atoms with Crippen LogP contribution < -0.4 is 0 Å². The van der Waals surface area contributed by atoms with Gasteiger partial charge in [-0.2, -0.15) is 5.26 Å². The normalized spacial score (nSPS) is 12.8. The van der Waals surface area contributed by atoms with Crippen molar-refractivity contribution in [2.24, 2.45) is 0 Å². The quantitative estimate of drug-likeness (QED) is 0.625. The summed E-state index contributed by atoms with van der Waals surface area (Å²) in [5.74, 6) is -2.09. The lowest BCUT2D eigenvalue weighted by atomic mass is 9.80. The molecule has 5 heteroatoms. The maximum Gasteiger partial charge on any atom is 0.181 e. The van der Waals surface area contributed by atoms with Crippen molar-refractivity contribution in [2.75, 3.05) is 0 Å². The van der Waals surface area contributed by atoms with Crippen molar-refractivity contribution in [3.8, 4) is 6.07 Å². The Bertz CT molecular complexity index is 923. The van der Waals surface area contributed by atoms with Gasteiger partial charge >= 0.3 is 0 Å². The molecule has 3 rings (SSSR count). The second-order valence-corrected chi connectivity index (χ2v) is 5.83. The Hall–Kier alpha value is -3.39. The van der Waals surface area contributed by atoms with E-state index in [2.05, 4.69) is 16.0 Å². The zero-order chi connectivity index (χ0) is 18.4. The average molecular weight is 345 g/mol. The van der Waals surface area contributed by atoms with Crippen LogP contribution in [0.3, 0.4) is 0 Å². The third kappa shape index (κ3) is 3.81. The predicted molar refractivity (Wildman–Crippen MR) is 94.9 cm³/mol. The van der Waals surface area contributed by atoms with Gasteiger partial charge in [-0.05, 0) is 35.9 Å². The number of carbonyl (C=O) groups excluding carboxylic acids is 1. The van der Waals surface area contributed by atoms with Gasteiger partial charge < -0.3 is 0 Å². The largest absolute Gasteiger partial charge is 0.292 e. The van der Waals surface area contributed by atoms with Crippen LogP contribution in [0.25, 0.3) is 0 Å². The highest BCUT2D eigenvalue weighted by atomic mass is 19.1. The summed E-state index contributed by atoms with van der Waals surface area (Å²) in [6.07, 6.45) is 3.08. The van der Waals surface area contributed by atoms with Gasteiger partial charge in [-0.1, -0.05) is 30.3 Å². The molecule has 1 aromatic carbocycles. The van der Waals surface area contributed by atoms with E-state index in [9.17, 15) is 14.4 Å². The SMILES string of the molecule is N#C[C@@H](c1ccccn1)[C@@H](CC(=O)c1ccccn1)c1ccccc1F. The molecule has 0 fully saturated rings. The van der Waals surface area contributed by atoms with E-state index in [1.807, 2.05) is 0 Å². The zero-order valence-electron chi connectivity index (χ0n) is 13.9. The Labute approximate surface area is 151 Å². The number of hydrogen-bond acceptors (Lipinski definition) is 4. The number of carbonyl (C=O) groups is 1. The number of halogens is 1. The van der Waals surface area contributed by atoms with Gasteiger partial charge in [-0.3, -0.25) is 14.8 Å². The van der Waals surface area contributed by atoms with E-state index in [4.69, 9.17) is 0 Å². The van der Waals surface area contributed by atoms with E-state index in [1.54, 1.807) is 60.8 Å². The first-order valence-electron chi connectivity index (χ1n) is 8.20. The molecule has 0 unspecified atom stereocenters. The number of rotatable bonds is 6. The third-order valence-corrected chi connectivity index (χ3v) is 4.21. The van der Waals surface area contributed by atoms with Crippen molar-refractivity contribution in [1.82, 2.24) is 9.97 Å². The van der Waals surface area contributed by atoms with Gasteiger partial charge in [0.25, 0.3) is 0 Å². The number of nitriles is 1. The number of nitrogens with zero attached hydrogens (tertiary/aromatic N) is 3. The molecule has 0 aliphatic carbocycles. The van der Waals surface area contributed by atoms with E-state index < -0.39 is 17.7 Å². The lowest BCUT2D eigenvalue weighted by Crippen LogP contribution is -2.17. The summed E-state index contributed by atoms with van der Waals surface area (Å²) in [4.78, 5) is 21.0. The average Bonchev–Trinajstić information content (AvgIpc) is 2.70. The first kappa shape index (κ1) is 17.4. The van der Waals surface area contributed by atoms with Gasteiger partial charge in [0.05, 0.1) is 17.7 Å². The van der Waals surface area contributed by atoms with Crippen molar-refractivity contribution < 1.29 is 9.18 Å². The molecular formula is C21H16FN3O. The van der Waals surface area contributed by atoms with E-state index in [0.29, 0.717) is 17.0 Å². The minimum atomic E-state index is -0.749. The summed E-state index contributed by atoms with van der Waals surface area (Å²) in [6.45, 7) is 0. The Morgan fingerprint density at radius 1 is 1.00 bits per heavy atom. The molecule has 4 nitrogen and oxygen atoms in total. The second kappa shape index (κ2) is 8.13. The van der Waals surface area contributed by atoms with Gasteiger partial charge in [-0.15, -0.1) is 0 Å². The van der Waals surface area contributed by atoms with Crippen LogP contribution in [0.4, 0.5) is 4.39 Å². The van der Waals surface area contributed by atoms with E-state index >= 15 is 0 Å². The van der Waals surface area contributed by atoms with Crippen LogP contribution in [0.15, 0.2) is 73.1 Å². The Morgan fingerprint density at radius 2 is 1.69 bits per heavy atom. The smallest absolute Gasteiger partial charge is 0.181 e. The van der Waals surface area contributed by atoms with Gasteiger partial charge in [-0.25, -0.2) is 4.39 Å². The molecule has 0 amide bonds. The summed E-state index contributed by atoms with van der Waals surface area (Å²) in [7, 11) is 0. The first-order chi connectivity index (χ1) is 12.7. The molecule has 0 saturated carbocycles. The van der Waals surface area contributed by atoms with Crippen molar-refractivity contribution in [1.29, 1.82) is 5.26 Å². The van der Waals surface area contributed by atoms with E-state index in [-0.39, 0.29) is 12.2 Å². The Balaban J connectivity index is 2.01. The molecule has 128 valence electrons. The molecule has 0 aliphatic rings. The number of hydrogen-bond donors (Lipinski definition) is 0. The van der Waals surface area contributed by atoms with Gasteiger partial charge in [0, 0.05) is 24.7 Å². The minimum absolute atomic E-state index is 0.0350. The molecule has 2 aromatic heterocycles. The highest BCUT2D eigenvalue weighted by molar-refractivity contribution is 5.94. The van der Waals surface area contributed by atoms with Crippen molar-refractivity contribution >= 4 is 5.78 Å². The molecule has 2 heterocycles. The summed E-state index contributed by atoms with van der Waals surface area (Å²) < 4.78 is 14.4. The standard InChI is InChI=1S/C21H16FN3O/c22-18-8-2-1-7-15(18)16(13-21(26)20-10-4-6-12-25-20)17(14-23)19-9-3-5-11-24-19/h1-12,16-17H,13H2/t16-,17+/m0/s1. The lowest BCUT2D eigenvalue weighted by Gasteiger charge is -2.22. The van der Waals surface area contributed by atoms with Gasteiger partial charge in [0.1, 0.15) is 11.5 Å². The van der Waals surface area contributed by atoms with Crippen molar-refractivity contribution in [2.45, 2.75) is 18.3 Å². The van der Waals surface area contributed by atoms with Crippen molar-refractivity contribution in [3.63, 3.8) is 0 Å². The lowest BCUT2D eigenvalue weighted by molar-refractivity contribution is 0.0966. The fourth-order valence-electron chi connectivity index (χ4n) is 2.94. The van der Waals surface area contributed by atoms with Crippen LogP contribution in [0, 0.1) is 17.1 Å². The van der Waals surface area contributed by atoms with E-state index in [0.717, 1.165) is 0 Å². The second-order valence-electron chi connectivity index (χ2n) is 5.83. The monoisotopic (exact) mass is 345 g/mol. The van der Waals surface area contributed by atoms with Crippen LogP contribution in [0.1, 0.15) is 40.0 Å². The van der Waals surface area contributed by atoms with Gasteiger partial charge in [0.15, 0.2) is 5.78 Å². The molecule has 26 heavy (non-hydrogen) atoms. The summed E-state index contributed by atoms with van der Waals surface area (Å²) >= 11 is 0. The number of ketones is 1. The molecule has 0 bridgehead atoms. The molecule has 0 N–H and O–H groups in total. The molecule has 0 radical (unpaired) electrons. The van der Waals surface area contributed by atoms with Gasteiger partial charge in [0.2, 0.25) is 0 Å². The highest BCUT2D eigenvalue weighted by Gasteiger charge is 2.30.